The molecule has 8 heteroatoms. The molecule has 2 aliphatic heterocycles. The van der Waals surface area contributed by atoms with Crippen molar-refractivity contribution in [1.29, 1.82) is 0 Å². The van der Waals surface area contributed by atoms with Crippen molar-refractivity contribution in [2.45, 2.75) is 20.8 Å². The van der Waals surface area contributed by atoms with Gasteiger partial charge in [0.2, 0.25) is 0 Å². The van der Waals surface area contributed by atoms with E-state index in [1.165, 1.54) is 20.3 Å². The smallest absolute Gasteiger partial charge is 0.497 e. The second-order valence-corrected chi connectivity index (χ2v) is 12.3. The van der Waals surface area contributed by atoms with E-state index in [0.717, 1.165) is 47.0 Å². The van der Waals surface area contributed by atoms with E-state index in [4.69, 9.17) is 4.74 Å². The highest BCUT2D eigenvalue weighted by Gasteiger charge is 2.56. The second-order valence-electron chi connectivity index (χ2n) is 9.72. The minimum Gasteiger partial charge on any atom is -0.497 e. The average molecular weight is 528 g/mol. The molecular weight excluding hydrogens is 505 g/mol. The van der Waals surface area contributed by atoms with E-state index in [2.05, 4.69) is 0 Å². The standard InChI is InChI=1S/C29H23BF2N2OS2/c1-16-5-9-20-22(13-16)28(26-11-6-17(2)36-26)33-24(20)15-25-21-10-8-19(35-4)14-23(21)29(34(25)30(33,31)32)27-12-7-18(3)37-27/h5-15H,1-4H3. The fourth-order valence-electron chi connectivity index (χ4n) is 5.72. The highest BCUT2D eigenvalue weighted by atomic mass is 32.1. The molecule has 184 valence electrons. The van der Waals surface area contributed by atoms with E-state index in [-0.39, 0.29) is 0 Å². The molecule has 7 rings (SSSR count). The Morgan fingerprint density at radius 2 is 1.54 bits per heavy atom. The fourth-order valence-corrected chi connectivity index (χ4v) is 7.57. The van der Waals surface area contributed by atoms with E-state index >= 15 is 8.63 Å². The second kappa shape index (κ2) is 7.76. The highest BCUT2D eigenvalue weighted by molar-refractivity contribution is 7.15. The van der Waals surface area contributed by atoms with Crippen LogP contribution in [0.3, 0.4) is 0 Å². The fraction of sp³-hybridized carbons (Fsp3) is 0.138. The minimum atomic E-state index is -4.23. The molecule has 2 aliphatic rings. The van der Waals surface area contributed by atoms with Gasteiger partial charge in [0.05, 0.1) is 23.1 Å². The van der Waals surface area contributed by atoms with Crippen LogP contribution in [0, 0.1) is 20.8 Å². The topological polar surface area (TPSA) is 17.2 Å². The molecule has 0 bridgehead atoms. The van der Waals surface area contributed by atoms with Crippen molar-refractivity contribution < 1.29 is 17.9 Å². The number of thiophene rings is 2. The normalized spacial score (nSPS) is 15.6. The highest BCUT2D eigenvalue weighted by Crippen LogP contribution is 2.48. The summed E-state index contributed by atoms with van der Waals surface area (Å²) in [4.78, 5) is 3.84. The number of aromatic nitrogens is 1. The van der Waals surface area contributed by atoms with E-state index < -0.39 is 6.97 Å². The number of nitrogens with zero attached hydrogens (tertiary/aromatic N) is 2. The summed E-state index contributed by atoms with van der Waals surface area (Å²) in [5, 5.41) is 1.57. The van der Waals surface area contributed by atoms with Crippen LogP contribution in [0.25, 0.3) is 33.1 Å². The molecule has 0 saturated heterocycles. The van der Waals surface area contributed by atoms with Crippen molar-refractivity contribution in [2.75, 3.05) is 7.11 Å². The molecule has 0 unspecified atom stereocenters. The van der Waals surface area contributed by atoms with Gasteiger partial charge in [-0.05, 0) is 75.4 Å². The Bertz CT molecular complexity index is 1840. The van der Waals surface area contributed by atoms with Crippen LogP contribution in [0.5, 0.6) is 5.75 Å². The van der Waals surface area contributed by atoms with E-state index in [9.17, 15) is 0 Å². The van der Waals surface area contributed by atoms with E-state index in [1.54, 1.807) is 18.4 Å². The van der Waals surface area contributed by atoms with E-state index in [1.807, 2.05) is 87.5 Å². The molecule has 0 radical (unpaired) electrons. The van der Waals surface area contributed by atoms with Crippen LogP contribution in [0.4, 0.5) is 8.63 Å². The van der Waals surface area contributed by atoms with Crippen molar-refractivity contribution in [3.8, 4) is 16.3 Å². The van der Waals surface area contributed by atoms with Gasteiger partial charge in [0, 0.05) is 42.9 Å². The Morgan fingerprint density at radius 3 is 2.22 bits per heavy atom. The Balaban J connectivity index is 1.64. The lowest BCUT2D eigenvalue weighted by Gasteiger charge is -2.30. The number of fused-ring (bicyclic) bond motifs is 6. The van der Waals surface area contributed by atoms with E-state index in [0.29, 0.717) is 28.5 Å². The molecule has 2 aromatic carbocycles. The number of halogens is 2. The maximum Gasteiger partial charge on any atom is 0.738 e. The first-order valence-electron chi connectivity index (χ1n) is 12.2. The molecule has 0 saturated carbocycles. The number of rotatable bonds is 3. The SMILES string of the molecule is COc1ccc2c3n(c(-c4ccc(C)s4)c2c1)[B-](F)(F)[N+]1=C(c2ccc(C)s2)c2cc(C)ccc2C1=C3. The molecule has 0 atom stereocenters. The Labute approximate surface area is 221 Å². The average Bonchev–Trinajstić information content (AvgIpc) is 3.63. The molecular formula is C29H23BF2N2OS2. The molecule has 0 amide bonds. The first-order valence-corrected chi connectivity index (χ1v) is 13.8. The summed E-state index contributed by atoms with van der Waals surface area (Å²) >= 11 is 3.09. The quantitative estimate of drug-likeness (QED) is 0.217. The van der Waals surface area contributed by atoms with Crippen LogP contribution in [-0.2, 0) is 0 Å². The predicted octanol–water partition coefficient (Wildman–Crippen LogP) is 7.96. The van der Waals surface area contributed by atoms with Crippen molar-refractivity contribution >= 4 is 57.9 Å². The van der Waals surface area contributed by atoms with Crippen molar-refractivity contribution in [2.24, 2.45) is 0 Å². The Morgan fingerprint density at radius 1 is 0.811 bits per heavy atom. The van der Waals surface area contributed by atoms with Crippen LogP contribution < -0.4 is 4.74 Å². The number of ether oxygens (including phenoxy) is 1. The lowest BCUT2D eigenvalue weighted by Crippen LogP contribution is -2.50. The van der Waals surface area contributed by atoms with Gasteiger partial charge in [-0.3, -0.25) is 0 Å². The lowest BCUT2D eigenvalue weighted by molar-refractivity contribution is -0.316. The number of methoxy groups -OCH3 is 1. The summed E-state index contributed by atoms with van der Waals surface area (Å²) in [6.07, 6.45) is 1.94. The molecule has 3 nitrogen and oxygen atoms in total. The molecule has 0 spiro atoms. The van der Waals surface area contributed by atoms with Crippen molar-refractivity contribution in [3.63, 3.8) is 0 Å². The van der Waals surface area contributed by atoms with Crippen LogP contribution in [0.15, 0.2) is 60.7 Å². The van der Waals surface area contributed by atoms with Gasteiger partial charge >= 0.3 is 6.97 Å². The molecule has 5 heterocycles. The van der Waals surface area contributed by atoms with Crippen LogP contribution in [0.1, 0.15) is 37.0 Å². The zero-order chi connectivity index (χ0) is 25.6. The van der Waals surface area contributed by atoms with Gasteiger partial charge in [-0.15, -0.1) is 22.7 Å². The zero-order valence-electron chi connectivity index (χ0n) is 20.8. The van der Waals surface area contributed by atoms with Crippen LogP contribution >= 0.6 is 22.7 Å². The summed E-state index contributed by atoms with van der Waals surface area (Å²) in [6, 6.07) is 19.6. The number of aryl methyl sites for hydroxylation is 3. The third-order valence-corrected chi connectivity index (χ3v) is 9.32. The zero-order valence-corrected chi connectivity index (χ0v) is 22.4. The Hall–Kier alpha value is -3.49. The van der Waals surface area contributed by atoms with Gasteiger partial charge in [0.1, 0.15) is 5.75 Å². The first-order chi connectivity index (χ1) is 17.8. The summed E-state index contributed by atoms with van der Waals surface area (Å²) in [5.41, 5.74) is 4.96. The molecule has 37 heavy (non-hydrogen) atoms. The van der Waals surface area contributed by atoms with Gasteiger partial charge in [-0.2, -0.15) is 0 Å². The van der Waals surface area contributed by atoms with Crippen molar-refractivity contribution in [1.82, 2.24) is 4.48 Å². The monoisotopic (exact) mass is 528 g/mol. The van der Waals surface area contributed by atoms with Gasteiger partial charge in [-0.25, -0.2) is 0 Å². The number of benzene rings is 2. The van der Waals surface area contributed by atoms with Gasteiger partial charge in [0.15, 0.2) is 11.4 Å². The summed E-state index contributed by atoms with van der Waals surface area (Å²) in [7, 11) is 1.60. The van der Waals surface area contributed by atoms with Crippen LogP contribution in [-0.4, -0.2) is 28.8 Å². The largest absolute Gasteiger partial charge is 0.738 e. The lowest BCUT2D eigenvalue weighted by atomic mass is 9.89. The Kier molecular flexibility index (Phi) is 4.76. The third kappa shape index (κ3) is 3.12. The maximum absolute atomic E-state index is 17.2. The molecule has 0 N–H and O–H groups in total. The third-order valence-electron chi connectivity index (χ3n) is 7.31. The summed E-state index contributed by atoms with van der Waals surface area (Å²) < 4.78 is 42.5. The minimum absolute atomic E-state index is 0.532. The summed E-state index contributed by atoms with van der Waals surface area (Å²) in [5.74, 6) is 0.649. The molecule has 0 fully saturated rings. The summed E-state index contributed by atoms with van der Waals surface area (Å²) in [6.45, 7) is 1.79. The van der Waals surface area contributed by atoms with Gasteiger partial charge in [0.25, 0.3) is 0 Å². The van der Waals surface area contributed by atoms with Crippen molar-refractivity contribution in [3.05, 3.63) is 97.7 Å². The van der Waals surface area contributed by atoms with Gasteiger partial charge < -0.3 is 22.3 Å². The maximum atomic E-state index is 17.2. The number of hydrogen-bond acceptors (Lipinski definition) is 3. The first kappa shape index (κ1) is 22.7. The predicted molar refractivity (Wildman–Crippen MR) is 151 cm³/mol. The van der Waals surface area contributed by atoms with Crippen LogP contribution in [0.2, 0.25) is 0 Å². The molecule has 3 aromatic heterocycles. The van der Waals surface area contributed by atoms with Gasteiger partial charge in [-0.1, -0.05) is 11.6 Å². The molecule has 5 aromatic rings. The number of hydrogen-bond donors (Lipinski definition) is 0. The molecule has 0 aliphatic carbocycles.